The molecule has 1 amide bonds. The van der Waals surface area contributed by atoms with Crippen LogP contribution >= 0.6 is 11.3 Å². The highest BCUT2D eigenvalue weighted by Crippen LogP contribution is 2.28. The first-order valence-corrected chi connectivity index (χ1v) is 8.94. The van der Waals surface area contributed by atoms with E-state index in [0.717, 1.165) is 40.9 Å². The van der Waals surface area contributed by atoms with Crippen molar-refractivity contribution in [2.24, 2.45) is 5.92 Å². The Morgan fingerprint density at radius 3 is 2.96 bits per heavy atom. The number of amides is 1. The molecule has 1 aliphatic rings. The molecule has 0 bridgehead atoms. The molecule has 1 aliphatic heterocycles. The van der Waals surface area contributed by atoms with Crippen molar-refractivity contribution in [3.8, 4) is 0 Å². The minimum absolute atomic E-state index is 0.0167. The van der Waals surface area contributed by atoms with E-state index >= 15 is 0 Å². The fraction of sp³-hybridized carbons (Fsp3) is 0.353. The third kappa shape index (κ3) is 2.99. The van der Waals surface area contributed by atoms with Crippen LogP contribution in [-0.2, 0) is 4.79 Å². The fourth-order valence-corrected chi connectivity index (χ4v) is 4.02. The standard InChI is InChI=1S/C17H19N5OS/c1-12-10-22-16(18-12)24-17(20-22)21-9-5-6-13(11-21)15(23)19-14-7-3-2-4-8-14/h2-4,7-8,10,13H,5-6,9,11H2,1H3,(H,19,23). The highest BCUT2D eigenvalue weighted by atomic mass is 32.1. The van der Waals surface area contributed by atoms with E-state index in [9.17, 15) is 4.79 Å². The van der Waals surface area contributed by atoms with E-state index in [4.69, 9.17) is 0 Å². The monoisotopic (exact) mass is 341 g/mol. The number of nitrogens with one attached hydrogen (secondary N) is 1. The van der Waals surface area contributed by atoms with Crippen LogP contribution in [0.3, 0.4) is 0 Å². The first-order valence-electron chi connectivity index (χ1n) is 8.13. The lowest BCUT2D eigenvalue weighted by atomic mass is 9.97. The molecule has 24 heavy (non-hydrogen) atoms. The van der Waals surface area contributed by atoms with Crippen molar-refractivity contribution in [3.05, 3.63) is 42.2 Å². The second-order valence-electron chi connectivity index (χ2n) is 6.13. The quantitative estimate of drug-likeness (QED) is 0.795. The number of hydrogen-bond acceptors (Lipinski definition) is 5. The maximum Gasteiger partial charge on any atom is 0.229 e. The predicted molar refractivity (Wildman–Crippen MR) is 95.6 cm³/mol. The van der Waals surface area contributed by atoms with Gasteiger partial charge < -0.3 is 10.2 Å². The second-order valence-corrected chi connectivity index (χ2v) is 7.07. The molecule has 3 heterocycles. The van der Waals surface area contributed by atoms with Gasteiger partial charge in [0.2, 0.25) is 16.0 Å². The molecule has 3 aromatic rings. The molecule has 6 nitrogen and oxygen atoms in total. The lowest BCUT2D eigenvalue weighted by molar-refractivity contribution is -0.120. The summed E-state index contributed by atoms with van der Waals surface area (Å²) in [5, 5.41) is 8.55. The van der Waals surface area contributed by atoms with E-state index in [1.807, 2.05) is 48.0 Å². The minimum Gasteiger partial charge on any atom is -0.346 e. The number of nitrogens with zero attached hydrogens (tertiary/aromatic N) is 4. The Labute approximate surface area is 144 Å². The summed E-state index contributed by atoms with van der Waals surface area (Å²) in [4.78, 5) is 20.1. The average Bonchev–Trinajstić information content (AvgIpc) is 3.13. The molecule has 1 aromatic carbocycles. The number of carbonyl (C=O) groups excluding carboxylic acids is 1. The van der Waals surface area contributed by atoms with Crippen LogP contribution < -0.4 is 10.2 Å². The third-order valence-corrected chi connectivity index (χ3v) is 5.24. The third-order valence-electron chi connectivity index (χ3n) is 4.26. The molecule has 1 atom stereocenters. The normalized spacial score (nSPS) is 18.0. The number of aromatic nitrogens is 3. The molecule has 0 radical (unpaired) electrons. The molecule has 7 heteroatoms. The highest BCUT2D eigenvalue weighted by Gasteiger charge is 2.27. The molecular formula is C17H19N5OS. The summed E-state index contributed by atoms with van der Waals surface area (Å²) in [5.74, 6) is 0.0694. The first kappa shape index (κ1) is 15.1. The van der Waals surface area contributed by atoms with Crippen LogP contribution in [0.5, 0.6) is 0 Å². The summed E-state index contributed by atoms with van der Waals surface area (Å²) in [5.41, 5.74) is 1.82. The Balaban J connectivity index is 1.46. The van der Waals surface area contributed by atoms with E-state index in [1.165, 1.54) is 0 Å². The Bertz CT molecular complexity index is 825. The largest absolute Gasteiger partial charge is 0.346 e. The van der Waals surface area contributed by atoms with Crippen LogP contribution in [-0.4, -0.2) is 33.6 Å². The second kappa shape index (κ2) is 6.24. The van der Waals surface area contributed by atoms with Gasteiger partial charge in [0.05, 0.1) is 17.8 Å². The number of imidazole rings is 1. The van der Waals surface area contributed by atoms with E-state index in [-0.39, 0.29) is 11.8 Å². The molecule has 0 spiro atoms. The van der Waals surface area contributed by atoms with Gasteiger partial charge in [0.15, 0.2) is 0 Å². The zero-order chi connectivity index (χ0) is 16.5. The number of carbonyl (C=O) groups is 1. The molecule has 0 saturated carbocycles. The zero-order valence-corrected chi connectivity index (χ0v) is 14.3. The van der Waals surface area contributed by atoms with Crippen LogP contribution in [0, 0.1) is 12.8 Å². The smallest absolute Gasteiger partial charge is 0.229 e. The van der Waals surface area contributed by atoms with Crippen molar-refractivity contribution in [2.75, 3.05) is 23.3 Å². The summed E-state index contributed by atoms with van der Waals surface area (Å²) in [6.07, 6.45) is 3.84. The molecule has 1 N–H and O–H groups in total. The minimum atomic E-state index is -0.0167. The number of hydrogen-bond donors (Lipinski definition) is 1. The van der Waals surface area contributed by atoms with Crippen LogP contribution in [0.1, 0.15) is 18.5 Å². The highest BCUT2D eigenvalue weighted by molar-refractivity contribution is 7.20. The van der Waals surface area contributed by atoms with Gasteiger partial charge in [-0.05, 0) is 31.9 Å². The van der Waals surface area contributed by atoms with Crippen molar-refractivity contribution < 1.29 is 4.79 Å². The maximum atomic E-state index is 12.5. The fourth-order valence-electron chi connectivity index (χ4n) is 3.06. The van der Waals surface area contributed by atoms with E-state index in [2.05, 4.69) is 20.3 Å². The van der Waals surface area contributed by atoms with Gasteiger partial charge in [0.1, 0.15) is 0 Å². The van der Waals surface area contributed by atoms with Crippen molar-refractivity contribution in [1.82, 2.24) is 14.6 Å². The number of aryl methyl sites for hydroxylation is 1. The lowest BCUT2D eigenvalue weighted by Gasteiger charge is -2.31. The predicted octanol–water partition coefficient (Wildman–Crippen LogP) is 2.95. The molecule has 2 aromatic heterocycles. The van der Waals surface area contributed by atoms with E-state index in [0.29, 0.717) is 6.54 Å². The average molecular weight is 341 g/mol. The molecule has 1 unspecified atom stereocenters. The Morgan fingerprint density at radius 1 is 1.33 bits per heavy atom. The number of anilines is 2. The van der Waals surface area contributed by atoms with Crippen molar-refractivity contribution in [2.45, 2.75) is 19.8 Å². The molecule has 1 fully saturated rings. The van der Waals surface area contributed by atoms with Crippen LogP contribution in [0.4, 0.5) is 10.8 Å². The molecular weight excluding hydrogens is 322 g/mol. The summed E-state index contributed by atoms with van der Waals surface area (Å²) < 4.78 is 1.82. The van der Waals surface area contributed by atoms with Crippen molar-refractivity contribution >= 4 is 33.0 Å². The summed E-state index contributed by atoms with van der Waals surface area (Å²) in [7, 11) is 0. The summed E-state index contributed by atoms with van der Waals surface area (Å²) in [6.45, 7) is 3.60. The zero-order valence-electron chi connectivity index (χ0n) is 13.5. The van der Waals surface area contributed by atoms with Gasteiger partial charge in [0.25, 0.3) is 0 Å². The van der Waals surface area contributed by atoms with E-state index < -0.39 is 0 Å². The van der Waals surface area contributed by atoms with Gasteiger partial charge in [-0.3, -0.25) is 4.79 Å². The van der Waals surface area contributed by atoms with Crippen LogP contribution in [0.2, 0.25) is 0 Å². The maximum absolute atomic E-state index is 12.5. The van der Waals surface area contributed by atoms with Gasteiger partial charge >= 0.3 is 0 Å². The van der Waals surface area contributed by atoms with E-state index in [1.54, 1.807) is 11.3 Å². The van der Waals surface area contributed by atoms with Crippen molar-refractivity contribution in [1.29, 1.82) is 0 Å². The Kier molecular flexibility index (Phi) is 3.93. The van der Waals surface area contributed by atoms with Crippen molar-refractivity contribution in [3.63, 3.8) is 0 Å². The number of para-hydroxylation sites is 1. The van der Waals surface area contributed by atoms with Crippen LogP contribution in [0.25, 0.3) is 4.96 Å². The molecule has 1 saturated heterocycles. The number of rotatable bonds is 3. The first-order chi connectivity index (χ1) is 11.7. The summed E-state index contributed by atoms with van der Waals surface area (Å²) in [6, 6.07) is 9.62. The molecule has 124 valence electrons. The number of fused-ring (bicyclic) bond motifs is 1. The number of piperidine rings is 1. The number of benzene rings is 1. The van der Waals surface area contributed by atoms with Gasteiger partial charge in [-0.25, -0.2) is 9.50 Å². The molecule has 0 aliphatic carbocycles. The summed E-state index contributed by atoms with van der Waals surface area (Å²) >= 11 is 1.58. The lowest BCUT2D eigenvalue weighted by Crippen LogP contribution is -2.40. The molecule has 4 rings (SSSR count). The van der Waals surface area contributed by atoms with Gasteiger partial charge in [-0.1, -0.05) is 29.5 Å². The Morgan fingerprint density at radius 2 is 2.17 bits per heavy atom. The van der Waals surface area contributed by atoms with Gasteiger partial charge in [-0.15, -0.1) is 5.10 Å². The topological polar surface area (TPSA) is 62.5 Å². The van der Waals surface area contributed by atoms with Gasteiger partial charge in [-0.2, -0.15) is 0 Å². The van der Waals surface area contributed by atoms with Gasteiger partial charge in [0, 0.05) is 18.8 Å². The Hall–Kier alpha value is -2.41. The SMILES string of the molecule is Cc1cn2nc(N3CCCC(C(=O)Nc4ccccc4)C3)sc2n1. The van der Waals surface area contributed by atoms with Crippen LogP contribution in [0.15, 0.2) is 36.5 Å².